The molecule has 0 aromatic rings. The first-order chi connectivity index (χ1) is 20.5. The van der Waals surface area contributed by atoms with Gasteiger partial charge in [-0.05, 0) is 12.8 Å². The van der Waals surface area contributed by atoms with Gasteiger partial charge in [-0.1, -0.05) is 123 Å². The van der Waals surface area contributed by atoms with Crippen LogP contribution in [-0.4, -0.2) is 74.9 Å². The van der Waals surface area contributed by atoms with Crippen molar-refractivity contribution in [3.05, 3.63) is 0 Å². The van der Waals surface area contributed by atoms with Crippen molar-refractivity contribution in [2.24, 2.45) is 0 Å². The predicted octanol–water partition coefficient (Wildman–Crippen LogP) is 8.51. The molecule has 10 heteroatoms. The number of nitrogens with zero attached hydrogens (tertiary/aromatic N) is 1. The summed E-state index contributed by atoms with van der Waals surface area (Å²) >= 11 is 0. The Morgan fingerprint density at radius 3 is 1.49 bits per heavy atom. The Kier molecular flexibility index (Phi) is 26.7. The smallest absolute Gasteiger partial charge is 0.462 e. The highest BCUT2D eigenvalue weighted by Gasteiger charge is 2.27. The van der Waals surface area contributed by atoms with Crippen molar-refractivity contribution in [3.8, 4) is 0 Å². The molecular formula is C33H67NO8P+. The Labute approximate surface area is 264 Å². The van der Waals surface area contributed by atoms with Gasteiger partial charge in [-0.3, -0.25) is 18.6 Å². The number of hydrogen-bond donors (Lipinski definition) is 1. The minimum absolute atomic E-state index is 0.0358. The van der Waals surface area contributed by atoms with Gasteiger partial charge in [-0.25, -0.2) is 4.57 Å². The van der Waals surface area contributed by atoms with E-state index in [-0.39, 0.29) is 25.6 Å². The highest BCUT2D eigenvalue weighted by Crippen LogP contribution is 2.43. The van der Waals surface area contributed by atoms with E-state index in [1.807, 2.05) is 21.1 Å². The number of ether oxygens (including phenoxy) is 2. The zero-order chi connectivity index (χ0) is 32.2. The van der Waals surface area contributed by atoms with Crippen LogP contribution in [-0.2, 0) is 32.7 Å². The number of quaternary nitrogens is 1. The Hall–Kier alpha value is -0.990. The van der Waals surface area contributed by atoms with Crippen LogP contribution in [0.1, 0.15) is 149 Å². The molecule has 1 N–H and O–H groups in total. The van der Waals surface area contributed by atoms with E-state index in [0.717, 1.165) is 32.1 Å². The molecule has 0 aromatic heterocycles. The van der Waals surface area contributed by atoms with Crippen molar-refractivity contribution < 1.29 is 42.1 Å². The van der Waals surface area contributed by atoms with Gasteiger partial charge in [0.2, 0.25) is 0 Å². The molecule has 0 aliphatic rings. The van der Waals surface area contributed by atoms with Gasteiger partial charge in [0.15, 0.2) is 6.10 Å². The molecule has 0 aliphatic carbocycles. The van der Waals surface area contributed by atoms with Gasteiger partial charge in [-0.2, -0.15) is 0 Å². The number of unbranched alkanes of at least 4 members (excludes halogenated alkanes) is 17. The summed E-state index contributed by atoms with van der Waals surface area (Å²) in [6.45, 7) is 4.36. The molecule has 0 heterocycles. The van der Waals surface area contributed by atoms with E-state index in [1.54, 1.807) is 0 Å². The highest BCUT2D eigenvalue weighted by molar-refractivity contribution is 7.47. The molecule has 256 valence electrons. The maximum absolute atomic E-state index is 12.5. The highest BCUT2D eigenvalue weighted by atomic mass is 31.2. The van der Waals surface area contributed by atoms with Gasteiger partial charge in [0.25, 0.3) is 0 Å². The summed E-state index contributed by atoms with van der Waals surface area (Å²) in [7, 11) is 1.48. The summed E-state index contributed by atoms with van der Waals surface area (Å²) < 4.78 is 34.0. The number of hydrogen-bond acceptors (Lipinski definition) is 7. The standard InChI is InChI=1S/C33H66NO8P/c1-6-8-10-12-14-16-17-18-20-21-23-25-32(35)39-29-31(30-41-43(37,38)40-28-27-34(3,4)5)42-33(36)26-24-22-19-15-13-11-9-7-2/h31H,6-30H2,1-5H3/p+1. The van der Waals surface area contributed by atoms with Crippen molar-refractivity contribution in [2.75, 3.05) is 47.5 Å². The summed E-state index contributed by atoms with van der Waals surface area (Å²) in [5, 5.41) is 0. The molecular weight excluding hydrogens is 569 g/mol. The van der Waals surface area contributed by atoms with Crippen LogP contribution in [0.2, 0.25) is 0 Å². The third-order valence-corrected chi connectivity index (χ3v) is 8.37. The average molecular weight is 637 g/mol. The summed E-state index contributed by atoms with van der Waals surface area (Å²) in [4.78, 5) is 34.9. The molecule has 43 heavy (non-hydrogen) atoms. The minimum atomic E-state index is -4.35. The molecule has 0 amide bonds. The third kappa shape index (κ3) is 30.8. The summed E-state index contributed by atoms with van der Waals surface area (Å²) in [5.41, 5.74) is 0. The first-order valence-corrected chi connectivity index (χ1v) is 18.8. The molecule has 0 rings (SSSR count). The van der Waals surface area contributed by atoms with Gasteiger partial charge in [0, 0.05) is 12.8 Å². The van der Waals surface area contributed by atoms with Crippen LogP contribution in [0, 0.1) is 0 Å². The maximum atomic E-state index is 12.5. The minimum Gasteiger partial charge on any atom is -0.462 e. The number of phosphoric ester groups is 1. The molecule has 9 nitrogen and oxygen atoms in total. The SMILES string of the molecule is CCCCCCCCCCCCCC(=O)OCC(COP(=O)(O)OCC[N+](C)(C)C)OC(=O)CCCCCCCCCC. The van der Waals surface area contributed by atoms with Gasteiger partial charge in [0.1, 0.15) is 19.8 Å². The lowest BCUT2D eigenvalue weighted by Crippen LogP contribution is -2.37. The van der Waals surface area contributed by atoms with E-state index in [9.17, 15) is 19.0 Å². The molecule has 0 radical (unpaired) electrons. The van der Waals surface area contributed by atoms with Crippen molar-refractivity contribution >= 4 is 19.8 Å². The van der Waals surface area contributed by atoms with Gasteiger partial charge in [0.05, 0.1) is 27.7 Å². The normalized spacial score (nSPS) is 13.9. The number of likely N-dealkylation sites (N-methyl/N-ethyl adjacent to an activating group) is 1. The molecule has 0 aromatic carbocycles. The Morgan fingerprint density at radius 2 is 1.05 bits per heavy atom. The molecule has 0 saturated carbocycles. The quantitative estimate of drug-likeness (QED) is 0.0349. The molecule has 2 unspecified atom stereocenters. The Morgan fingerprint density at radius 1 is 0.628 bits per heavy atom. The number of carbonyl (C=O) groups excluding carboxylic acids is 2. The zero-order valence-corrected chi connectivity index (χ0v) is 29.3. The summed E-state index contributed by atoms with van der Waals surface area (Å²) in [6.07, 6.45) is 21.6. The topological polar surface area (TPSA) is 108 Å². The van der Waals surface area contributed by atoms with E-state index < -0.39 is 26.5 Å². The van der Waals surface area contributed by atoms with E-state index >= 15 is 0 Å². The first-order valence-electron chi connectivity index (χ1n) is 17.3. The fraction of sp³-hybridized carbons (Fsp3) is 0.939. The lowest BCUT2D eigenvalue weighted by atomic mass is 10.1. The summed E-state index contributed by atoms with van der Waals surface area (Å²) in [5.74, 6) is -0.800. The number of rotatable bonds is 31. The second-order valence-electron chi connectivity index (χ2n) is 12.9. The molecule has 0 aliphatic heterocycles. The van der Waals surface area contributed by atoms with Crippen LogP contribution in [0.4, 0.5) is 0 Å². The summed E-state index contributed by atoms with van der Waals surface area (Å²) in [6, 6.07) is 0. The fourth-order valence-corrected chi connectivity index (χ4v) is 5.34. The lowest BCUT2D eigenvalue weighted by molar-refractivity contribution is -0.870. The van der Waals surface area contributed by atoms with E-state index in [1.165, 1.54) is 83.5 Å². The average Bonchev–Trinajstić information content (AvgIpc) is 2.93. The van der Waals surface area contributed by atoms with E-state index in [2.05, 4.69) is 13.8 Å². The first kappa shape index (κ1) is 42.0. The number of esters is 2. The maximum Gasteiger partial charge on any atom is 0.472 e. The van der Waals surface area contributed by atoms with Crippen molar-refractivity contribution in [2.45, 2.75) is 155 Å². The predicted molar refractivity (Wildman–Crippen MR) is 174 cm³/mol. The van der Waals surface area contributed by atoms with Crippen LogP contribution in [0.15, 0.2) is 0 Å². The number of carbonyl (C=O) groups is 2. The van der Waals surface area contributed by atoms with Crippen LogP contribution >= 0.6 is 7.82 Å². The fourth-order valence-electron chi connectivity index (χ4n) is 4.60. The van der Waals surface area contributed by atoms with E-state index in [4.69, 9.17) is 18.5 Å². The van der Waals surface area contributed by atoms with Crippen molar-refractivity contribution in [1.82, 2.24) is 0 Å². The van der Waals surface area contributed by atoms with Crippen LogP contribution < -0.4 is 0 Å². The van der Waals surface area contributed by atoms with Gasteiger partial charge < -0.3 is 18.9 Å². The molecule has 0 spiro atoms. The second kappa shape index (κ2) is 27.3. The van der Waals surface area contributed by atoms with Gasteiger partial charge in [-0.15, -0.1) is 0 Å². The largest absolute Gasteiger partial charge is 0.472 e. The molecule has 0 saturated heterocycles. The third-order valence-electron chi connectivity index (χ3n) is 7.39. The van der Waals surface area contributed by atoms with E-state index in [0.29, 0.717) is 23.9 Å². The Bertz CT molecular complexity index is 728. The van der Waals surface area contributed by atoms with Crippen molar-refractivity contribution in [1.29, 1.82) is 0 Å². The van der Waals surface area contributed by atoms with Gasteiger partial charge >= 0.3 is 19.8 Å². The van der Waals surface area contributed by atoms with Crippen LogP contribution in [0.5, 0.6) is 0 Å². The van der Waals surface area contributed by atoms with Crippen LogP contribution in [0.25, 0.3) is 0 Å². The van der Waals surface area contributed by atoms with Crippen molar-refractivity contribution in [3.63, 3.8) is 0 Å². The second-order valence-corrected chi connectivity index (χ2v) is 14.4. The molecule has 0 bridgehead atoms. The monoisotopic (exact) mass is 636 g/mol. The van der Waals surface area contributed by atoms with Crippen LogP contribution in [0.3, 0.4) is 0 Å². The molecule has 0 fully saturated rings. The lowest BCUT2D eigenvalue weighted by Gasteiger charge is -2.24. The number of phosphoric acid groups is 1. The zero-order valence-electron chi connectivity index (χ0n) is 28.5. The Balaban J connectivity index is 4.46. The molecule has 2 atom stereocenters.